The number of aryl methyl sites for hydroxylation is 1. The van der Waals surface area contributed by atoms with Crippen LogP contribution in [0, 0.1) is 0 Å². The number of hydrogen-bond acceptors (Lipinski definition) is 4. The summed E-state index contributed by atoms with van der Waals surface area (Å²) < 4.78 is 10.9. The summed E-state index contributed by atoms with van der Waals surface area (Å²) in [5, 5.41) is 3.04. The summed E-state index contributed by atoms with van der Waals surface area (Å²) in [4.78, 5) is 4.13. The van der Waals surface area contributed by atoms with Gasteiger partial charge in [-0.25, -0.2) is 4.98 Å². The van der Waals surface area contributed by atoms with Crippen molar-refractivity contribution < 1.29 is 8.83 Å². The van der Waals surface area contributed by atoms with E-state index in [4.69, 9.17) is 8.83 Å². The van der Waals surface area contributed by atoms with Crippen LogP contribution in [-0.2, 0) is 13.0 Å². The standard InChI is InChI=1S/C11H14N2O2/c1-3-8-4-5-10(15-8)11-9(6-12-2)13-7-14-11/h4-5,7,12H,3,6H2,1-2H3. The predicted octanol–water partition coefficient (Wildman–Crippen LogP) is 2.22. The SMILES string of the molecule is CCc1ccc(-c2ocnc2CNC)o1. The second-order valence-electron chi connectivity index (χ2n) is 3.28. The second kappa shape index (κ2) is 4.31. The third-order valence-electron chi connectivity index (χ3n) is 2.22. The van der Waals surface area contributed by atoms with Crippen molar-refractivity contribution in [3.63, 3.8) is 0 Å². The van der Waals surface area contributed by atoms with Gasteiger partial charge in [-0.05, 0) is 19.2 Å². The molecule has 0 amide bonds. The van der Waals surface area contributed by atoms with Gasteiger partial charge in [-0.2, -0.15) is 0 Å². The first-order chi connectivity index (χ1) is 7.35. The molecule has 0 saturated carbocycles. The summed E-state index contributed by atoms with van der Waals surface area (Å²) in [6.45, 7) is 2.73. The Labute approximate surface area is 88.3 Å². The summed E-state index contributed by atoms with van der Waals surface area (Å²) >= 11 is 0. The minimum absolute atomic E-state index is 0.675. The second-order valence-corrected chi connectivity index (χ2v) is 3.28. The number of hydrogen-bond donors (Lipinski definition) is 1. The fourth-order valence-corrected chi connectivity index (χ4v) is 1.45. The molecule has 4 nitrogen and oxygen atoms in total. The highest BCUT2D eigenvalue weighted by atomic mass is 16.4. The van der Waals surface area contributed by atoms with E-state index in [1.165, 1.54) is 6.39 Å². The van der Waals surface area contributed by atoms with E-state index in [-0.39, 0.29) is 0 Å². The molecule has 80 valence electrons. The molecule has 2 heterocycles. The number of nitrogens with zero attached hydrogens (tertiary/aromatic N) is 1. The van der Waals surface area contributed by atoms with Gasteiger partial charge in [-0.15, -0.1) is 0 Å². The molecule has 2 aromatic heterocycles. The highest BCUT2D eigenvalue weighted by Gasteiger charge is 2.13. The maximum atomic E-state index is 5.60. The Kier molecular flexibility index (Phi) is 2.87. The average molecular weight is 206 g/mol. The Morgan fingerprint density at radius 1 is 1.40 bits per heavy atom. The van der Waals surface area contributed by atoms with E-state index in [1.54, 1.807) is 0 Å². The number of rotatable bonds is 4. The predicted molar refractivity (Wildman–Crippen MR) is 56.3 cm³/mol. The molecular weight excluding hydrogens is 192 g/mol. The van der Waals surface area contributed by atoms with E-state index in [2.05, 4.69) is 17.2 Å². The lowest BCUT2D eigenvalue weighted by Crippen LogP contribution is -2.06. The zero-order valence-electron chi connectivity index (χ0n) is 8.91. The Bertz CT molecular complexity index is 431. The van der Waals surface area contributed by atoms with Crippen LogP contribution in [0.15, 0.2) is 27.4 Å². The molecule has 0 aliphatic heterocycles. The van der Waals surface area contributed by atoms with E-state index in [0.717, 1.165) is 23.6 Å². The Morgan fingerprint density at radius 3 is 2.93 bits per heavy atom. The van der Waals surface area contributed by atoms with Gasteiger partial charge < -0.3 is 14.2 Å². The van der Waals surface area contributed by atoms with Gasteiger partial charge in [-0.1, -0.05) is 6.92 Å². The topological polar surface area (TPSA) is 51.2 Å². The molecule has 0 aliphatic carbocycles. The van der Waals surface area contributed by atoms with Crippen molar-refractivity contribution in [3.8, 4) is 11.5 Å². The van der Waals surface area contributed by atoms with Gasteiger partial charge in [0.1, 0.15) is 11.5 Å². The van der Waals surface area contributed by atoms with Crippen molar-refractivity contribution in [3.05, 3.63) is 30.0 Å². The third kappa shape index (κ3) is 1.94. The fraction of sp³-hybridized carbons (Fsp3) is 0.364. The maximum Gasteiger partial charge on any atom is 0.194 e. The largest absolute Gasteiger partial charge is 0.458 e. The molecule has 0 aliphatic rings. The normalized spacial score (nSPS) is 10.8. The van der Waals surface area contributed by atoms with Gasteiger partial charge in [0.25, 0.3) is 0 Å². The van der Waals surface area contributed by atoms with Crippen molar-refractivity contribution in [2.24, 2.45) is 0 Å². The molecule has 2 rings (SSSR count). The molecule has 2 aromatic rings. The monoisotopic (exact) mass is 206 g/mol. The third-order valence-corrected chi connectivity index (χ3v) is 2.22. The highest BCUT2D eigenvalue weighted by molar-refractivity contribution is 5.53. The molecular formula is C11H14N2O2. The average Bonchev–Trinajstić information content (AvgIpc) is 2.85. The minimum Gasteiger partial charge on any atom is -0.458 e. The summed E-state index contributed by atoms with van der Waals surface area (Å²) in [5.74, 6) is 2.41. The molecule has 4 heteroatoms. The van der Waals surface area contributed by atoms with Gasteiger partial charge in [0, 0.05) is 13.0 Å². The molecule has 0 radical (unpaired) electrons. The van der Waals surface area contributed by atoms with Crippen LogP contribution in [0.2, 0.25) is 0 Å². The molecule has 1 N–H and O–H groups in total. The lowest BCUT2D eigenvalue weighted by atomic mass is 10.3. The van der Waals surface area contributed by atoms with E-state index in [9.17, 15) is 0 Å². The van der Waals surface area contributed by atoms with Crippen LogP contribution in [0.1, 0.15) is 18.4 Å². The fourth-order valence-electron chi connectivity index (χ4n) is 1.45. The minimum atomic E-state index is 0.675. The van der Waals surface area contributed by atoms with Crippen molar-refractivity contribution in [2.75, 3.05) is 7.05 Å². The Hall–Kier alpha value is -1.55. The van der Waals surface area contributed by atoms with Gasteiger partial charge >= 0.3 is 0 Å². The van der Waals surface area contributed by atoms with Gasteiger partial charge in [-0.3, -0.25) is 0 Å². The maximum absolute atomic E-state index is 5.60. The van der Waals surface area contributed by atoms with Crippen molar-refractivity contribution in [1.82, 2.24) is 10.3 Å². The number of aromatic nitrogens is 1. The van der Waals surface area contributed by atoms with Crippen LogP contribution < -0.4 is 5.32 Å². The van der Waals surface area contributed by atoms with E-state index < -0.39 is 0 Å². The van der Waals surface area contributed by atoms with Gasteiger partial charge in [0.05, 0.1) is 0 Å². The van der Waals surface area contributed by atoms with Crippen LogP contribution in [0.25, 0.3) is 11.5 Å². The molecule has 0 aromatic carbocycles. The number of nitrogens with one attached hydrogen (secondary N) is 1. The van der Waals surface area contributed by atoms with Crippen LogP contribution in [0.3, 0.4) is 0 Å². The molecule has 0 spiro atoms. The first-order valence-corrected chi connectivity index (χ1v) is 5.01. The van der Waals surface area contributed by atoms with Crippen LogP contribution in [0.5, 0.6) is 0 Å². The molecule has 15 heavy (non-hydrogen) atoms. The summed E-state index contributed by atoms with van der Waals surface area (Å²) in [6.07, 6.45) is 2.33. The molecule has 0 saturated heterocycles. The Balaban J connectivity index is 2.31. The first-order valence-electron chi connectivity index (χ1n) is 5.01. The van der Waals surface area contributed by atoms with E-state index in [0.29, 0.717) is 12.3 Å². The molecule has 0 unspecified atom stereocenters. The van der Waals surface area contributed by atoms with E-state index >= 15 is 0 Å². The Morgan fingerprint density at radius 2 is 2.27 bits per heavy atom. The van der Waals surface area contributed by atoms with Crippen LogP contribution >= 0.6 is 0 Å². The molecule has 0 bridgehead atoms. The van der Waals surface area contributed by atoms with Crippen molar-refractivity contribution >= 4 is 0 Å². The van der Waals surface area contributed by atoms with Crippen molar-refractivity contribution in [1.29, 1.82) is 0 Å². The number of oxazole rings is 1. The van der Waals surface area contributed by atoms with Crippen molar-refractivity contribution in [2.45, 2.75) is 19.9 Å². The highest BCUT2D eigenvalue weighted by Crippen LogP contribution is 2.25. The quantitative estimate of drug-likeness (QED) is 0.833. The summed E-state index contributed by atoms with van der Waals surface area (Å²) in [7, 11) is 1.87. The summed E-state index contributed by atoms with van der Waals surface area (Å²) in [5.41, 5.74) is 0.870. The van der Waals surface area contributed by atoms with Gasteiger partial charge in [0.2, 0.25) is 0 Å². The smallest absolute Gasteiger partial charge is 0.194 e. The molecule has 0 fully saturated rings. The summed E-state index contributed by atoms with van der Waals surface area (Å²) in [6, 6.07) is 3.87. The lowest BCUT2D eigenvalue weighted by Gasteiger charge is -1.96. The zero-order chi connectivity index (χ0) is 10.7. The number of furan rings is 1. The van der Waals surface area contributed by atoms with Crippen LogP contribution in [-0.4, -0.2) is 12.0 Å². The molecule has 0 atom stereocenters. The first kappa shape index (κ1) is 9.98. The van der Waals surface area contributed by atoms with E-state index in [1.807, 2.05) is 19.2 Å². The lowest BCUT2D eigenvalue weighted by molar-refractivity contribution is 0.493. The zero-order valence-corrected chi connectivity index (χ0v) is 8.91. The van der Waals surface area contributed by atoms with Crippen LogP contribution in [0.4, 0.5) is 0 Å². The van der Waals surface area contributed by atoms with Gasteiger partial charge in [0.15, 0.2) is 17.9 Å².